The Morgan fingerprint density at radius 2 is 2.27 bits per heavy atom. The number of likely N-dealkylation sites (tertiary alicyclic amines) is 1. The van der Waals surface area contributed by atoms with Gasteiger partial charge in [-0.05, 0) is 39.2 Å². The van der Waals surface area contributed by atoms with Crippen LogP contribution in [0.25, 0.3) is 0 Å². The van der Waals surface area contributed by atoms with Gasteiger partial charge in [-0.25, -0.2) is 0 Å². The van der Waals surface area contributed by atoms with Gasteiger partial charge in [-0.3, -0.25) is 0 Å². The average molecular weight is 214 g/mol. The van der Waals surface area contributed by atoms with Crippen molar-refractivity contribution in [2.75, 3.05) is 19.6 Å². The van der Waals surface area contributed by atoms with E-state index in [0.29, 0.717) is 12.6 Å². The lowest BCUT2D eigenvalue weighted by molar-refractivity contribution is 0.0325. The molecule has 0 spiro atoms. The fourth-order valence-corrected chi connectivity index (χ4v) is 2.45. The second-order valence-electron chi connectivity index (χ2n) is 5.31. The predicted octanol–water partition coefficient (Wildman–Crippen LogP) is 1.21. The van der Waals surface area contributed by atoms with Crippen LogP contribution in [0, 0.1) is 5.92 Å². The highest BCUT2D eigenvalue weighted by Gasteiger charge is 2.29. The van der Waals surface area contributed by atoms with E-state index >= 15 is 0 Å². The van der Waals surface area contributed by atoms with Gasteiger partial charge in [0.25, 0.3) is 0 Å². The Balaban J connectivity index is 2.38. The van der Waals surface area contributed by atoms with Crippen LogP contribution >= 0.6 is 0 Å². The fourth-order valence-electron chi connectivity index (χ4n) is 2.45. The van der Waals surface area contributed by atoms with Gasteiger partial charge in [-0.15, -0.1) is 0 Å². The van der Waals surface area contributed by atoms with Crippen LogP contribution in [0.3, 0.4) is 0 Å². The molecule has 3 heteroatoms. The standard InChI is InChI=1S/C12H26N2O/c1-4-11-5-6-14(8-11)10(2)7-12(3,15)9-13/h10-11,15H,4-9,13H2,1-3H3. The first-order chi connectivity index (χ1) is 6.98. The van der Waals surface area contributed by atoms with E-state index in [0.717, 1.165) is 12.3 Å². The Labute approximate surface area is 93.6 Å². The van der Waals surface area contributed by atoms with Gasteiger partial charge in [-0.2, -0.15) is 0 Å². The van der Waals surface area contributed by atoms with Crippen molar-refractivity contribution in [2.24, 2.45) is 11.7 Å². The van der Waals surface area contributed by atoms with Crippen LogP contribution in [0.5, 0.6) is 0 Å². The zero-order valence-electron chi connectivity index (χ0n) is 10.4. The van der Waals surface area contributed by atoms with Crippen LogP contribution in [0.1, 0.15) is 40.0 Å². The lowest BCUT2D eigenvalue weighted by Gasteiger charge is -2.31. The van der Waals surface area contributed by atoms with Crippen molar-refractivity contribution in [3.63, 3.8) is 0 Å². The molecule has 3 unspecified atom stereocenters. The second kappa shape index (κ2) is 5.28. The van der Waals surface area contributed by atoms with Crippen LogP contribution < -0.4 is 5.73 Å². The highest BCUT2D eigenvalue weighted by atomic mass is 16.3. The number of nitrogens with two attached hydrogens (primary N) is 1. The van der Waals surface area contributed by atoms with Crippen molar-refractivity contribution < 1.29 is 5.11 Å². The molecule has 15 heavy (non-hydrogen) atoms. The molecule has 0 radical (unpaired) electrons. The largest absolute Gasteiger partial charge is 0.389 e. The number of aliphatic hydroxyl groups is 1. The van der Waals surface area contributed by atoms with E-state index in [2.05, 4.69) is 18.7 Å². The Morgan fingerprint density at radius 1 is 1.60 bits per heavy atom. The van der Waals surface area contributed by atoms with Crippen LogP contribution in [-0.4, -0.2) is 41.3 Å². The molecule has 0 amide bonds. The first kappa shape index (κ1) is 12.9. The molecule has 0 saturated carbocycles. The maximum absolute atomic E-state index is 9.93. The summed E-state index contributed by atoms with van der Waals surface area (Å²) in [5.41, 5.74) is 4.83. The predicted molar refractivity (Wildman–Crippen MR) is 63.7 cm³/mol. The minimum atomic E-state index is -0.705. The minimum Gasteiger partial charge on any atom is -0.389 e. The van der Waals surface area contributed by atoms with Crippen LogP contribution in [0.15, 0.2) is 0 Å². The van der Waals surface area contributed by atoms with E-state index in [1.54, 1.807) is 0 Å². The molecule has 1 aliphatic rings. The van der Waals surface area contributed by atoms with Crippen LogP contribution in [-0.2, 0) is 0 Å². The lowest BCUT2D eigenvalue weighted by Crippen LogP contribution is -2.42. The normalized spacial score (nSPS) is 29.0. The summed E-state index contributed by atoms with van der Waals surface area (Å²) >= 11 is 0. The van der Waals surface area contributed by atoms with Gasteiger partial charge < -0.3 is 15.7 Å². The molecule has 3 atom stereocenters. The van der Waals surface area contributed by atoms with Crippen molar-refractivity contribution >= 4 is 0 Å². The highest BCUT2D eigenvalue weighted by Crippen LogP contribution is 2.24. The maximum atomic E-state index is 9.93. The molecule has 0 bridgehead atoms. The van der Waals surface area contributed by atoms with E-state index in [1.165, 1.54) is 25.9 Å². The van der Waals surface area contributed by atoms with Crippen molar-refractivity contribution in [1.29, 1.82) is 0 Å². The third-order valence-corrected chi connectivity index (χ3v) is 3.69. The third-order valence-electron chi connectivity index (χ3n) is 3.69. The summed E-state index contributed by atoms with van der Waals surface area (Å²) in [7, 11) is 0. The summed E-state index contributed by atoms with van der Waals surface area (Å²) in [5, 5.41) is 9.93. The molecule has 1 heterocycles. The maximum Gasteiger partial charge on any atom is 0.0756 e. The van der Waals surface area contributed by atoms with E-state index in [9.17, 15) is 5.11 Å². The molecule has 1 rings (SSSR count). The molecule has 3 N–H and O–H groups in total. The third kappa shape index (κ3) is 3.74. The molecule has 1 fully saturated rings. The van der Waals surface area contributed by atoms with Crippen LogP contribution in [0.2, 0.25) is 0 Å². The Morgan fingerprint density at radius 3 is 2.73 bits per heavy atom. The Kier molecular flexibility index (Phi) is 4.56. The van der Waals surface area contributed by atoms with Gasteiger partial charge in [0.15, 0.2) is 0 Å². The number of hydrogen-bond acceptors (Lipinski definition) is 3. The lowest BCUT2D eigenvalue weighted by atomic mass is 9.97. The summed E-state index contributed by atoms with van der Waals surface area (Å²) in [6.07, 6.45) is 3.36. The SMILES string of the molecule is CCC1CCN(C(C)CC(C)(O)CN)C1. The molecule has 3 nitrogen and oxygen atoms in total. The van der Waals surface area contributed by atoms with E-state index in [-0.39, 0.29) is 0 Å². The summed E-state index contributed by atoms with van der Waals surface area (Å²) in [6, 6.07) is 0.445. The molecule has 90 valence electrons. The number of nitrogens with zero attached hydrogens (tertiary/aromatic N) is 1. The molecular weight excluding hydrogens is 188 g/mol. The number of rotatable bonds is 5. The molecular formula is C12H26N2O. The van der Waals surface area contributed by atoms with E-state index in [4.69, 9.17) is 5.73 Å². The van der Waals surface area contributed by atoms with Crippen molar-refractivity contribution in [3.8, 4) is 0 Å². The van der Waals surface area contributed by atoms with E-state index in [1.807, 2.05) is 6.92 Å². The van der Waals surface area contributed by atoms with Gasteiger partial charge >= 0.3 is 0 Å². The van der Waals surface area contributed by atoms with Gasteiger partial charge in [0.05, 0.1) is 5.60 Å². The summed E-state index contributed by atoms with van der Waals surface area (Å²) < 4.78 is 0. The zero-order chi connectivity index (χ0) is 11.5. The van der Waals surface area contributed by atoms with Crippen molar-refractivity contribution in [1.82, 2.24) is 4.90 Å². The smallest absolute Gasteiger partial charge is 0.0756 e. The van der Waals surface area contributed by atoms with Gasteiger partial charge in [-0.1, -0.05) is 13.3 Å². The summed E-state index contributed by atoms with van der Waals surface area (Å²) in [5.74, 6) is 0.857. The molecule has 0 aromatic heterocycles. The molecule has 0 aromatic carbocycles. The second-order valence-corrected chi connectivity index (χ2v) is 5.31. The fraction of sp³-hybridized carbons (Fsp3) is 1.00. The van der Waals surface area contributed by atoms with Gasteiger partial charge in [0, 0.05) is 19.1 Å². The first-order valence-electron chi connectivity index (χ1n) is 6.15. The zero-order valence-corrected chi connectivity index (χ0v) is 10.4. The monoisotopic (exact) mass is 214 g/mol. The van der Waals surface area contributed by atoms with Gasteiger partial charge in [0.1, 0.15) is 0 Å². The number of hydrogen-bond donors (Lipinski definition) is 2. The molecule has 1 saturated heterocycles. The Hall–Kier alpha value is -0.120. The van der Waals surface area contributed by atoms with Crippen molar-refractivity contribution in [2.45, 2.75) is 51.7 Å². The Bertz CT molecular complexity index is 194. The average Bonchev–Trinajstić information content (AvgIpc) is 2.65. The molecule has 1 aliphatic heterocycles. The van der Waals surface area contributed by atoms with E-state index < -0.39 is 5.60 Å². The summed E-state index contributed by atoms with van der Waals surface area (Å²) in [6.45, 7) is 9.01. The first-order valence-corrected chi connectivity index (χ1v) is 6.15. The highest BCUT2D eigenvalue weighted by molar-refractivity contribution is 4.84. The van der Waals surface area contributed by atoms with Crippen LogP contribution in [0.4, 0.5) is 0 Å². The topological polar surface area (TPSA) is 49.5 Å². The molecule has 0 aromatic rings. The summed E-state index contributed by atoms with van der Waals surface area (Å²) in [4.78, 5) is 2.48. The quantitative estimate of drug-likeness (QED) is 0.723. The molecule has 0 aliphatic carbocycles. The minimum absolute atomic E-state index is 0.350. The van der Waals surface area contributed by atoms with Crippen molar-refractivity contribution in [3.05, 3.63) is 0 Å². The van der Waals surface area contributed by atoms with Gasteiger partial charge in [0.2, 0.25) is 0 Å².